The first-order chi connectivity index (χ1) is 11.6. The van der Waals surface area contributed by atoms with E-state index in [4.69, 9.17) is 4.74 Å². The van der Waals surface area contributed by atoms with E-state index in [0.717, 1.165) is 16.7 Å². The predicted molar refractivity (Wildman–Crippen MR) is 92.7 cm³/mol. The number of benzene rings is 2. The number of hydrogen-bond acceptors (Lipinski definition) is 3. The van der Waals surface area contributed by atoms with E-state index in [9.17, 15) is 9.59 Å². The third-order valence-electron chi connectivity index (χ3n) is 3.37. The molecule has 0 bridgehead atoms. The monoisotopic (exact) mass is 321 g/mol. The van der Waals surface area contributed by atoms with Crippen LogP contribution >= 0.6 is 0 Å². The van der Waals surface area contributed by atoms with Crippen molar-refractivity contribution in [2.75, 3.05) is 6.54 Å². The third kappa shape index (κ3) is 5.29. The quantitative estimate of drug-likeness (QED) is 0.693. The van der Waals surface area contributed by atoms with Gasteiger partial charge in [-0.1, -0.05) is 42.2 Å². The van der Waals surface area contributed by atoms with Crippen LogP contribution in [0.1, 0.15) is 34.0 Å². The number of ketones is 1. The van der Waals surface area contributed by atoms with Crippen LogP contribution in [-0.4, -0.2) is 18.4 Å². The minimum absolute atomic E-state index is 0.0369. The zero-order chi connectivity index (χ0) is 17.4. The number of amides is 1. The molecular formula is C20H19NO3. The summed E-state index contributed by atoms with van der Waals surface area (Å²) in [5.41, 5.74) is 3.32. The maximum Gasteiger partial charge on any atom is 0.408 e. The number of carbonyl (C=O) groups is 2. The van der Waals surface area contributed by atoms with Gasteiger partial charge in [0.1, 0.15) is 6.61 Å². The number of rotatable bonds is 4. The molecule has 0 unspecified atom stereocenters. The average molecular weight is 321 g/mol. The second kappa shape index (κ2) is 8.54. The first kappa shape index (κ1) is 17.3. The van der Waals surface area contributed by atoms with Gasteiger partial charge in [0, 0.05) is 11.1 Å². The highest BCUT2D eigenvalue weighted by Gasteiger charge is 2.03. The van der Waals surface area contributed by atoms with E-state index < -0.39 is 6.09 Å². The molecule has 0 saturated carbocycles. The fourth-order valence-electron chi connectivity index (χ4n) is 2.17. The molecule has 122 valence electrons. The van der Waals surface area contributed by atoms with Gasteiger partial charge in [-0.25, -0.2) is 4.79 Å². The van der Waals surface area contributed by atoms with E-state index in [1.807, 2.05) is 43.3 Å². The third-order valence-corrected chi connectivity index (χ3v) is 3.37. The summed E-state index contributed by atoms with van der Waals surface area (Å²) in [6.45, 7) is 3.84. The lowest BCUT2D eigenvalue weighted by atomic mass is 10.0. The van der Waals surface area contributed by atoms with Gasteiger partial charge in [-0.3, -0.25) is 4.79 Å². The summed E-state index contributed by atoms with van der Waals surface area (Å²) < 4.78 is 5.09. The van der Waals surface area contributed by atoms with Gasteiger partial charge in [0.2, 0.25) is 0 Å². The van der Waals surface area contributed by atoms with Crippen LogP contribution in [0.25, 0.3) is 0 Å². The molecule has 2 aromatic carbocycles. The van der Waals surface area contributed by atoms with Gasteiger partial charge < -0.3 is 10.1 Å². The number of alkyl carbamates (subject to hydrolysis) is 1. The normalized spacial score (nSPS) is 9.58. The zero-order valence-corrected chi connectivity index (χ0v) is 13.8. The molecule has 1 N–H and O–H groups in total. The molecule has 0 aliphatic heterocycles. The van der Waals surface area contributed by atoms with E-state index >= 15 is 0 Å². The molecule has 0 aliphatic carbocycles. The van der Waals surface area contributed by atoms with Gasteiger partial charge >= 0.3 is 6.09 Å². The van der Waals surface area contributed by atoms with Gasteiger partial charge in [-0.05, 0) is 43.2 Å². The fourth-order valence-corrected chi connectivity index (χ4v) is 2.17. The van der Waals surface area contributed by atoms with Crippen LogP contribution in [0.2, 0.25) is 0 Å². The van der Waals surface area contributed by atoms with Crippen LogP contribution in [0, 0.1) is 18.8 Å². The minimum atomic E-state index is -0.503. The lowest BCUT2D eigenvalue weighted by Gasteiger charge is -2.04. The number of carbonyl (C=O) groups excluding carboxylic acids is 2. The van der Waals surface area contributed by atoms with Crippen LogP contribution in [-0.2, 0) is 11.3 Å². The standard InChI is InChI=1S/C20H19NO3/c1-15-13-17(10-11-19(15)16(2)22)9-6-12-21-20(23)24-14-18-7-4-3-5-8-18/h3-5,7-8,10-11,13H,12,14H2,1-2H3,(H,21,23). The Hall–Kier alpha value is -3.06. The summed E-state index contributed by atoms with van der Waals surface area (Å²) in [7, 11) is 0. The van der Waals surface area contributed by atoms with Crippen LogP contribution in [0.4, 0.5) is 4.79 Å². The molecule has 0 saturated heterocycles. The maximum atomic E-state index is 11.6. The highest BCUT2D eigenvalue weighted by atomic mass is 16.5. The van der Waals surface area contributed by atoms with Crippen molar-refractivity contribution >= 4 is 11.9 Å². The molecule has 0 fully saturated rings. The van der Waals surface area contributed by atoms with E-state index in [2.05, 4.69) is 17.2 Å². The summed E-state index contributed by atoms with van der Waals surface area (Å²) >= 11 is 0. The molecule has 0 heterocycles. The molecule has 2 aromatic rings. The number of hydrogen-bond donors (Lipinski definition) is 1. The van der Waals surface area contributed by atoms with Gasteiger partial charge in [0.25, 0.3) is 0 Å². The fraction of sp³-hybridized carbons (Fsp3) is 0.200. The molecular weight excluding hydrogens is 302 g/mol. The Morgan fingerprint density at radius 1 is 1.12 bits per heavy atom. The highest BCUT2D eigenvalue weighted by molar-refractivity contribution is 5.95. The van der Waals surface area contributed by atoms with Gasteiger partial charge in [0.15, 0.2) is 5.78 Å². The zero-order valence-electron chi connectivity index (χ0n) is 13.8. The minimum Gasteiger partial charge on any atom is -0.445 e. The predicted octanol–water partition coefficient (Wildman–Crippen LogP) is 3.48. The molecule has 0 aromatic heterocycles. The van der Waals surface area contributed by atoms with E-state index in [0.29, 0.717) is 5.56 Å². The van der Waals surface area contributed by atoms with E-state index in [-0.39, 0.29) is 18.9 Å². The Morgan fingerprint density at radius 3 is 2.54 bits per heavy atom. The van der Waals surface area contributed by atoms with Crippen LogP contribution < -0.4 is 5.32 Å². The van der Waals surface area contributed by atoms with E-state index in [1.54, 1.807) is 19.1 Å². The maximum absolute atomic E-state index is 11.6. The Labute approximate surface area is 141 Å². The van der Waals surface area contributed by atoms with Gasteiger partial charge in [0.05, 0.1) is 6.54 Å². The summed E-state index contributed by atoms with van der Waals surface area (Å²) in [6.07, 6.45) is -0.503. The van der Waals surface area contributed by atoms with Crippen molar-refractivity contribution in [3.63, 3.8) is 0 Å². The Bertz CT molecular complexity index is 786. The Balaban J connectivity index is 1.80. The largest absolute Gasteiger partial charge is 0.445 e. The van der Waals surface area contributed by atoms with Crippen molar-refractivity contribution in [3.8, 4) is 11.8 Å². The summed E-state index contributed by atoms with van der Waals surface area (Å²) in [4.78, 5) is 22.9. The molecule has 0 atom stereocenters. The molecule has 2 rings (SSSR count). The first-order valence-corrected chi connectivity index (χ1v) is 7.61. The Morgan fingerprint density at radius 2 is 1.88 bits per heavy atom. The van der Waals surface area contributed by atoms with Crippen LogP contribution in [0.15, 0.2) is 48.5 Å². The van der Waals surface area contributed by atoms with Crippen LogP contribution in [0.3, 0.4) is 0 Å². The van der Waals surface area contributed by atoms with Gasteiger partial charge in [-0.15, -0.1) is 0 Å². The summed E-state index contributed by atoms with van der Waals surface area (Å²) in [5.74, 6) is 5.85. The van der Waals surface area contributed by atoms with Crippen molar-refractivity contribution < 1.29 is 14.3 Å². The topological polar surface area (TPSA) is 55.4 Å². The average Bonchev–Trinajstić information content (AvgIpc) is 2.57. The molecule has 24 heavy (non-hydrogen) atoms. The summed E-state index contributed by atoms with van der Waals surface area (Å²) in [5, 5.41) is 2.58. The molecule has 4 heteroatoms. The lowest BCUT2D eigenvalue weighted by Crippen LogP contribution is -2.24. The van der Waals surface area contributed by atoms with Crippen molar-refractivity contribution in [1.29, 1.82) is 0 Å². The highest BCUT2D eigenvalue weighted by Crippen LogP contribution is 2.10. The lowest BCUT2D eigenvalue weighted by molar-refractivity contribution is 0.101. The number of aryl methyl sites for hydroxylation is 1. The SMILES string of the molecule is CC(=O)c1ccc(C#CCNC(=O)OCc2ccccc2)cc1C. The Kier molecular flexibility index (Phi) is 6.16. The van der Waals surface area contributed by atoms with Crippen molar-refractivity contribution in [2.24, 2.45) is 0 Å². The van der Waals surface area contributed by atoms with E-state index in [1.165, 1.54) is 0 Å². The molecule has 1 amide bonds. The molecule has 0 spiro atoms. The smallest absolute Gasteiger partial charge is 0.408 e. The second-order valence-corrected chi connectivity index (χ2v) is 5.30. The summed E-state index contributed by atoms with van der Waals surface area (Å²) in [6, 6.07) is 14.9. The van der Waals surface area contributed by atoms with Gasteiger partial charge in [-0.2, -0.15) is 0 Å². The number of Topliss-reactive ketones (excluding diaryl/α,β-unsaturated/α-hetero) is 1. The molecule has 0 radical (unpaired) electrons. The number of nitrogens with one attached hydrogen (secondary N) is 1. The first-order valence-electron chi connectivity index (χ1n) is 7.61. The van der Waals surface area contributed by atoms with Crippen molar-refractivity contribution in [1.82, 2.24) is 5.32 Å². The van der Waals surface area contributed by atoms with Crippen LogP contribution in [0.5, 0.6) is 0 Å². The second-order valence-electron chi connectivity index (χ2n) is 5.30. The molecule has 4 nitrogen and oxygen atoms in total. The van der Waals surface area contributed by atoms with Crippen molar-refractivity contribution in [3.05, 3.63) is 70.8 Å². The van der Waals surface area contributed by atoms with Crippen molar-refractivity contribution in [2.45, 2.75) is 20.5 Å². The molecule has 0 aliphatic rings. The number of ether oxygens (including phenoxy) is 1.